The zero-order valence-electron chi connectivity index (χ0n) is 14.3. The summed E-state index contributed by atoms with van der Waals surface area (Å²) in [6.45, 7) is 1.36. The fourth-order valence-corrected chi connectivity index (χ4v) is 3.01. The topological polar surface area (TPSA) is 80.2 Å². The van der Waals surface area contributed by atoms with E-state index in [1.54, 1.807) is 47.2 Å². The lowest BCUT2D eigenvalue weighted by molar-refractivity contribution is -0.116. The maximum Gasteiger partial charge on any atom is 0.244 e. The monoisotopic (exact) mass is 403 g/mol. The Kier molecular flexibility index (Phi) is 5.48. The molecule has 0 unspecified atom stereocenters. The predicted octanol–water partition coefficient (Wildman–Crippen LogP) is 3.91. The van der Waals surface area contributed by atoms with Gasteiger partial charge in [0.05, 0.1) is 16.2 Å². The van der Waals surface area contributed by atoms with Gasteiger partial charge in [-0.2, -0.15) is 0 Å². The van der Waals surface area contributed by atoms with Crippen molar-refractivity contribution in [2.45, 2.75) is 13.5 Å². The number of aromatic nitrogens is 1. The third-order valence-electron chi connectivity index (χ3n) is 3.81. The van der Waals surface area contributed by atoms with Crippen molar-refractivity contribution in [2.75, 3.05) is 10.6 Å². The molecule has 0 spiro atoms. The van der Waals surface area contributed by atoms with E-state index in [4.69, 9.17) is 23.2 Å². The normalized spacial score (nSPS) is 10.6. The van der Waals surface area contributed by atoms with Gasteiger partial charge in [-0.1, -0.05) is 23.2 Å². The molecule has 0 aliphatic heterocycles. The Hall–Kier alpha value is -2.83. The maximum absolute atomic E-state index is 12.5. The lowest BCUT2D eigenvalue weighted by Gasteiger charge is -2.13. The first-order chi connectivity index (χ1) is 12.8. The molecule has 138 valence electrons. The van der Waals surface area contributed by atoms with Crippen LogP contribution in [0.4, 0.5) is 11.4 Å². The van der Waals surface area contributed by atoms with Gasteiger partial charge in [-0.15, -0.1) is 0 Å². The van der Waals surface area contributed by atoms with Crippen molar-refractivity contribution in [1.29, 1.82) is 0 Å². The summed E-state index contributed by atoms with van der Waals surface area (Å²) in [7, 11) is 0. The number of benzene rings is 2. The molecule has 3 rings (SSSR count). The van der Waals surface area contributed by atoms with Crippen molar-refractivity contribution >= 4 is 57.3 Å². The van der Waals surface area contributed by atoms with Gasteiger partial charge < -0.3 is 15.2 Å². The summed E-state index contributed by atoms with van der Waals surface area (Å²) >= 11 is 12.1. The molecule has 8 heteroatoms. The minimum Gasteiger partial charge on any atom is -0.338 e. The third kappa shape index (κ3) is 4.48. The van der Waals surface area contributed by atoms with Crippen molar-refractivity contribution in [2.24, 2.45) is 0 Å². The van der Waals surface area contributed by atoms with Crippen LogP contribution in [0.15, 0.2) is 53.5 Å². The van der Waals surface area contributed by atoms with Crippen LogP contribution < -0.4 is 16.1 Å². The van der Waals surface area contributed by atoms with Crippen LogP contribution in [0.3, 0.4) is 0 Å². The molecule has 0 saturated heterocycles. The summed E-state index contributed by atoms with van der Waals surface area (Å²) in [4.78, 5) is 35.7. The zero-order valence-corrected chi connectivity index (χ0v) is 15.8. The lowest BCUT2D eigenvalue weighted by atomic mass is 10.2. The highest BCUT2D eigenvalue weighted by atomic mass is 35.5. The number of fused-ring (bicyclic) bond motifs is 1. The number of carbonyl (C=O) groups excluding carboxylic acids is 2. The highest BCUT2D eigenvalue weighted by Crippen LogP contribution is 2.26. The molecule has 0 atom stereocenters. The quantitative estimate of drug-likeness (QED) is 0.692. The molecule has 2 amide bonds. The Bertz CT molecular complexity index is 1110. The van der Waals surface area contributed by atoms with E-state index in [2.05, 4.69) is 10.6 Å². The Morgan fingerprint density at radius 2 is 1.81 bits per heavy atom. The van der Waals surface area contributed by atoms with Gasteiger partial charge >= 0.3 is 0 Å². The number of anilines is 2. The number of hydrogen-bond acceptors (Lipinski definition) is 3. The van der Waals surface area contributed by atoms with Crippen LogP contribution in [0.2, 0.25) is 10.0 Å². The molecule has 0 bridgehead atoms. The van der Waals surface area contributed by atoms with Gasteiger partial charge in [0.15, 0.2) is 5.43 Å². The molecule has 0 aliphatic rings. The molecule has 2 aromatic carbocycles. The molecule has 0 fully saturated rings. The van der Waals surface area contributed by atoms with E-state index in [0.717, 1.165) is 0 Å². The van der Waals surface area contributed by atoms with Crippen LogP contribution in [-0.2, 0) is 16.1 Å². The largest absolute Gasteiger partial charge is 0.338 e. The molecule has 1 aromatic heterocycles. The predicted molar refractivity (Wildman–Crippen MR) is 108 cm³/mol. The van der Waals surface area contributed by atoms with Crippen molar-refractivity contribution in [3.63, 3.8) is 0 Å². The minimum atomic E-state index is -0.336. The van der Waals surface area contributed by atoms with Crippen LogP contribution in [0.5, 0.6) is 0 Å². The molecule has 3 aromatic rings. The van der Waals surface area contributed by atoms with Crippen LogP contribution in [0.25, 0.3) is 10.9 Å². The first-order valence-electron chi connectivity index (χ1n) is 7.99. The highest BCUT2D eigenvalue weighted by Gasteiger charge is 2.10. The molecule has 1 heterocycles. The molecular weight excluding hydrogens is 389 g/mol. The standard InChI is InChI=1S/C19H15Cl2N3O3/c1-11(25)22-13-3-4-15(21)16(9-13)23-19(27)10-24-7-6-18(26)14-8-12(20)2-5-17(14)24/h2-9H,10H2,1H3,(H,22,25)(H,23,27). The maximum atomic E-state index is 12.5. The highest BCUT2D eigenvalue weighted by molar-refractivity contribution is 6.34. The number of nitrogens with zero attached hydrogens (tertiary/aromatic N) is 1. The smallest absolute Gasteiger partial charge is 0.244 e. The number of hydrogen-bond donors (Lipinski definition) is 2. The van der Waals surface area contributed by atoms with Gasteiger partial charge in [0.2, 0.25) is 11.8 Å². The summed E-state index contributed by atoms with van der Waals surface area (Å²) in [5.41, 5.74) is 1.32. The van der Waals surface area contributed by atoms with Crippen LogP contribution in [-0.4, -0.2) is 16.4 Å². The third-order valence-corrected chi connectivity index (χ3v) is 4.38. The van der Waals surface area contributed by atoms with Gasteiger partial charge in [-0.25, -0.2) is 0 Å². The first-order valence-corrected chi connectivity index (χ1v) is 8.75. The average Bonchev–Trinajstić information content (AvgIpc) is 2.60. The second-order valence-corrected chi connectivity index (χ2v) is 6.74. The SMILES string of the molecule is CC(=O)Nc1ccc(Cl)c(NC(=O)Cn2ccc(=O)c3cc(Cl)ccc32)c1. The second-order valence-electron chi connectivity index (χ2n) is 5.89. The number of carbonyl (C=O) groups is 2. The van der Waals surface area contributed by atoms with Gasteiger partial charge in [0, 0.05) is 35.3 Å². The zero-order chi connectivity index (χ0) is 19.6. The number of nitrogens with one attached hydrogen (secondary N) is 2. The summed E-state index contributed by atoms with van der Waals surface area (Å²) in [5.74, 6) is -0.565. The second kappa shape index (κ2) is 7.82. The first kappa shape index (κ1) is 18.9. The average molecular weight is 404 g/mol. The van der Waals surface area contributed by atoms with Gasteiger partial charge in [-0.05, 0) is 36.4 Å². The summed E-state index contributed by atoms with van der Waals surface area (Å²) in [5, 5.41) is 6.57. The van der Waals surface area contributed by atoms with Crippen molar-refractivity contribution < 1.29 is 9.59 Å². The minimum absolute atomic E-state index is 0.0287. The molecule has 0 saturated carbocycles. The Balaban J connectivity index is 1.85. The Morgan fingerprint density at radius 1 is 1.04 bits per heavy atom. The molecule has 0 radical (unpaired) electrons. The molecule has 2 N–H and O–H groups in total. The van der Waals surface area contributed by atoms with Crippen LogP contribution >= 0.6 is 23.2 Å². The number of pyridine rings is 1. The molecule has 27 heavy (non-hydrogen) atoms. The van der Waals surface area contributed by atoms with E-state index < -0.39 is 0 Å². The fourth-order valence-electron chi connectivity index (χ4n) is 2.67. The molecular formula is C19H15Cl2N3O3. The lowest BCUT2D eigenvalue weighted by Crippen LogP contribution is -2.20. The summed E-state index contributed by atoms with van der Waals surface area (Å²) in [6.07, 6.45) is 1.55. The van der Waals surface area contributed by atoms with Gasteiger partial charge in [0.1, 0.15) is 6.54 Å². The molecule has 0 aliphatic carbocycles. The van der Waals surface area contributed by atoms with Crippen LogP contribution in [0, 0.1) is 0 Å². The Labute approximate surface area is 164 Å². The van der Waals surface area contributed by atoms with Crippen molar-refractivity contribution in [3.8, 4) is 0 Å². The number of halogens is 2. The molecule has 6 nitrogen and oxygen atoms in total. The van der Waals surface area contributed by atoms with Crippen LogP contribution in [0.1, 0.15) is 6.92 Å². The van der Waals surface area contributed by atoms with E-state index in [-0.39, 0.29) is 23.8 Å². The fraction of sp³-hybridized carbons (Fsp3) is 0.105. The van der Waals surface area contributed by atoms with E-state index in [9.17, 15) is 14.4 Å². The Morgan fingerprint density at radius 3 is 2.56 bits per heavy atom. The van der Waals surface area contributed by atoms with Crippen molar-refractivity contribution in [3.05, 3.63) is 68.9 Å². The number of rotatable bonds is 4. The van der Waals surface area contributed by atoms with E-state index >= 15 is 0 Å². The van der Waals surface area contributed by atoms with Gasteiger partial charge in [-0.3, -0.25) is 14.4 Å². The van der Waals surface area contributed by atoms with E-state index in [1.165, 1.54) is 13.0 Å². The summed E-state index contributed by atoms with van der Waals surface area (Å²) < 4.78 is 1.65. The summed E-state index contributed by atoms with van der Waals surface area (Å²) in [6, 6.07) is 11.1. The van der Waals surface area contributed by atoms with E-state index in [1.807, 2.05) is 0 Å². The number of amides is 2. The van der Waals surface area contributed by atoms with Gasteiger partial charge in [0.25, 0.3) is 0 Å². The van der Waals surface area contributed by atoms with E-state index in [0.29, 0.717) is 32.3 Å². The van der Waals surface area contributed by atoms with Crippen molar-refractivity contribution in [1.82, 2.24) is 4.57 Å².